The molecule has 4 nitrogen and oxygen atoms in total. The Labute approximate surface area is 82.0 Å². The third-order valence-electron chi connectivity index (χ3n) is 2.14. The summed E-state index contributed by atoms with van der Waals surface area (Å²) in [5.41, 5.74) is 0. The van der Waals surface area contributed by atoms with Crippen LogP contribution in [0.3, 0.4) is 0 Å². The highest BCUT2D eigenvalue weighted by Crippen LogP contribution is 2.21. The number of aromatic nitrogens is 2. The Kier molecular flexibility index (Phi) is 2.03. The summed E-state index contributed by atoms with van der Waals surface area (Å²) in [5, 5.41) is 0.143. The monoisotopic (exact) mass is 197 g/mol. The first-order chi connectivity index (χ1) is 6.18. The van der Waals surface area contributed by atoms with Gasteiger partial charge in [0.15, 0.2) is 0 Å². The summed E-state index contributed by atoms with van der Waals surface area (Å²) < 4.78 is 1.84. The van der Waals surface area contributed by atoms with Crippen LogP contribution in [0.5, 0.6) is 0 Å². The quantitative estimate of drug-likeness (QED) is 0.664. The van der Waals surface area contributed by atoms with Crippen molar-refractivity contribution in [2.24, 2.45) is 7.05 Å². The summed E-state index contributed by atoms with van der Waals surface area (Å²) in [4.78, 5) is 17.3. The van der Waals surface area contributed by atoms with Crippen molar-refractivity contribution in [3.05, 3.63) is 12.4 Å². The Morgan fingerprint density at radius 2 is 2.46 bits per heavy atom. The number of amides is 1. The molecule has 1 aliphatic rings. The maximum absolute atomic E-state index is 11.5. The molecular formula is C8H11N3OS. The predicted octanol–water partition coefficient (Wildman–Crippen LogP) is 0.455. The van der Waals surface area contributed by atoms with Crippen molar-refractivity contribution in [3.8, 4) is 0 Å². The van der Waals surface area contributed by atoms with E-state index in [0.717, 1.165) is 0 Å². The number of carbonyl (C=O) groups excluding carboxylic acids is 1. The average molecular weight is 197 g/mol. The van der Waals surface area contributed by atoms with Crippen molar-refractivity contribution in [2.75, 3.05) is 11.4 Å². The van der Waals surface area contributed by atoms with Crippen LogP contribution >= 0.6 is 12.6 Å². The number of carbonyl (C=O) groups is 1. The molecule has 1 aliphatic heterocycles. The number of nitrogens with zero attached hydrogens (tertiary/aromatic N) is 3. The standard InChI is InChI=1S/C8H11N3OS/c1-10-3-2-9-8(10)11-5-6(13)4-7(11)12/h2-3,6,13H,4-5H2,1H3. The Morgan fingerprint density at radius 3 is 2.92 bits per heavy atom. The van der Waals surface area contributed by atoms with Crippen LogP contribution in [0.25, 0.3) is 0 Å². The lowest BCUT2D eigenvalue weighted by Crippen LogP contribution is -2.27. The van der Waals surface area contributed by atoms with Gasteiger partial charge in [-0.25, -0.2) is 4.98 Å². The van der Waals surface area contributed by atoms with Gasteiger partial charge in [0.2, 0.25) is 11.9 Å². The summed E-state index contributed by atoms with van der Waals surface area (Å²) in [7, 11) is 1.88. The highest BCUT2D eigenvalue weighted by Gasteiger charge is 2.30. The molecule has 13 heavy (non-hydrogen) atoms. The van der Waals surface area contributed by atoms with Crippen LogP contribution in [0.2, 0.25) is 0 Å². The summed E-state index contributed by atoms with van der Waals surface area (Å²) in [6.45, 7) is 0.660. The number of hydrogen-bond acceptors (Lipinski definition) is 3. The zero-order valence-corrected chi connectivity index (χ0v) is 8.24. The van der Waals surface area contributed by atoms with Gasteiger partial charge in [-0.15, -0.1) is 0 Å². The molecule has 70 valence electrons. The molecule has 2 heterocycles. The van der Waals surface area contributed by atoms with Crippen molar-refractivity contribution in [3.63, 3.8) is 0 Å². The average Bonchev–Trinajstić information content (AvgIpc) is 2.58. The Morgan fingerprint density at radius 1 is 1.69 bits per heavy atom. The van der Waals surface area contributed by atoms with Crippen LogP contribution in [-0.4, -0.2) is 27.3 Å². The Bertz CT molecular complexity index is 336. The Hall–Kier alpha value is -0.970. The van der Waals surface area contributed by atoms with Gasteiger partial charge in [-0.1, -0.05) is 0 Å². The summed E-state index contributed by atoms with van der Waals surface area (Å²) in [6, 6.07) is 0. The van der Waals surface area contributed by atoms with E-state index in [1.165, 1.54) is 0 Å². The number of imidazole rings is 1. The SMILES string of the molecule is Cn1ccnc1N1CC(S)CC1=O. The fourth-order valence-electron chi connectivity index (χ4n) is 1.50. The van der Waals surface area contributed by atoms with Gasteiger partial charge in [0.25, 0.3) is 0 Å². The maximum atomic E-state index is 11.5. The van der Waals surface area contributed by atoms with Crippen molar-refractivity contribution >= 4 is 24.5 Å². The molecule has 0 aromatic carbocycles. The van der Waals surface area contributed by atoms with Crippen molar-refractivity contribution in [1.82, 2.24) is 9.55 Å². The van der Waals surface area contributed by atoms with Crippen molar-refractivity contribution in [1.29, 1.82) is 0 Å². The lowest BCUT2D eigenvalue weighted by atomic mass is 10.4. The molecule has 1 saturated heterocycles. The number of anilines is 1. The first kappa shape index (κ1) is 8.62. The predicted molar refractivity (Wildman–Crippen MR) is 53.0 cm³/mol. The van der Waals surface area contributed by atoms with Crippen LogP contribution in [0, 0.1) is 0 Å². The molecule has 0 radical (unpaired) electrons. The number of thiol groups is 1. The summed E-state index contributed by atoms with van der Waals surface area (Å²) in [5.74, 6) is 0.816. The molecule has 2 rings (SSSR count). The van der Waals surface area contributed by atoms with Gasteiger partial charge in [-0.05, 0) is 0 Å². The third-order valence-corrected chi connectivity index (χ3v) is 2.49. The first-order valence-corrected chi connectivity index (χ1v) is 4.66. The fourth-order valence-corrected chi connectivity index (χ4v) is 1.82. The lowest BCUT2D eigenvalue weighted by molar-refractivity contribution is -0.117. The number of hydrogen-bond donors (Lipinski definition) is 1. The minimum Gasteiger partial charge on any atom is -0.320 e. The zero-order chi connectivity index (χ0) is 9.42. The minimum atomic E-state index is 0.106. The minimum absolute atomic E-state index is 0.106. The molecule has 0 spiro atoms. The largest absolute Gasteiger partial charge is 0.320 e. The molecule has 0 N–H and O–H groups in total. The second-order valence-electron chi connectivity index (χ2n) is 3.20. The van der Waals surface area contributed by atoms with E-state index < -0.39 is 0 Å². The molecule has 5 heteroatoms. The van der Waals surface area contributed by atoms with Gasteiger partial charge in [-0.2, -0.15) is 12.6 Å². The molecule has 0 aliphatic carbocycles. The topological polar surface area (TPSA) is 38.1 Å². The van der Waals surface area contributed by atoms with Gasteiger partial charge >= 0.3 is 0 Å². The van der Waals surface area contributed by atoms with E-state index in [4.69, 9.17) is 0 Å². The van der Waals surface area contributed by atoms with Gasteiger partial charge in [0.1, 0.15) is 0 Å². The van der Waals surface area contributed by atoms with E-state index in [1.54, 1.807) is 11.1 Å². The van der Waals surface area contributed by atoms with Gasteiger partial charge in [-0.3, -0.25) is 9.69 Å². The molecule has 0 saturated carbocycles. The van der Waals surface area contributed by atoms with Crippen LogP contribution in [0.4, 0.5) is 5.95 Å². The van der Waals surface area contributed by atoms with Gasteiger partial charge in [0, 0.05) is 37.7 Å². The van der Waals surface area contributed by atoms with E-state index in [1.807, 2.05) is 17.8 Å². The van der Waals surface area contributed by atoms with Gasteiger partial charge in [0.05, 0.1) is 0 Å². The zero-order valence-electron chi connectivity index (χ0n) is 7.34. The first-order valence-electron chi connectivity index (χ1n) is 4.14. The molecule has 1 amide bonds. The summed E-state index contributed by atoms with van der Waals surface area (Å²) in [6.07, 6.45) is 4.03. The molecule has 1 aromatic rings. The van der Waals surface area contributed by atoms with E-state index in [-0.39, 0.29) is 11.2 Å². The third kappa shape index (κ3) is 1.44. The summed E-state index contributed by atoms with van der Waals surface area (Å²) >= 11 is 4.28. The van der Waals surface area contributed by atoms with Crippen LogP contribution < -0.4 is 4.90 Å². The van der Waals surface area contributed by atoms with Crippen molar-refractivity contribution in [2.45, 2.75) is 11.7 Å². The van der Waals surface area contributed by atoms with E-state index in [2.05, 4.69) is 17.6 Å². The number of rotatable bonds is 1. The fraction of sp³-hybridized carbons (Fsp3) is 0.500. The molecular weight excluding hydrogens is 186 g/mol. The highest BCUT2D eigenvalue weighted by molar-refractivity contribution is 7.81. The maximum Gasteiger partial charge on any atom is 0.230 e. The van der Waals surface area contributed by atoms with E-state index in [0.29, 0.717) is 18.9 Å². The molecule has 0 bridgehead atoms. The smallest absolute Gasteiger partial charge is 0.230 e. The van der Waals surface area contributed by atoms with Crippen LogP contribution in [0.15, 0.2) is 12.4 Å². The second kappa shape index (κ2) is 3.06. The molecule has 1 unspecified atom stereocenters. The Balaban J connectivity index is 2.27. The lowest BCUT2D eigenvalue weighted by Gasteiger charge is -2.14. The van der Waals surface area contributed by atoms with Crippen molar-refractivity contribution < 1.29 is 4.79 Å². The van der Waals surface area contributed by atoms with E-state index >= 15 is 0 Å². The van der Waals surface area contributed by atoms with Crippen LogP contribution in [0.1, 0.15) is 6.42 Å². The van der Waals surface area contributed by atoms with E-state index in [9.17, 15) is 4.79 Å². The van der Waals surface area contributed by atoms with Crippen LogP contribution in [-0.2, 0) is 11.8 Å². The highest BCUT2D eigenvalue weighted by atomic mass is 32.1. The van der Waals surface area contributed by atoms with Gasteiger partial charge < -0.3 is 4.57 Å². The molecule has 1 fully saturated rings. The molecule has 1 atom stereocenters. The molecule has 1 aromatic heterocycles. The normalized spacial score (nSPS) is 22.8. The second-order valence-corrected chi connectivity index (χ2v) is 3.93. The number of aryl methyl sites for hydroxylation is 1.